The highest BCUT2D eigenvalue weighted by atomic mass is 35.5. The number of rotatable bonds is 8. The number of carbonyl (C=O) groups excluding carboxylic acids is 2. The Labute approximate surface area is 232 Å². The minimum Gasteiger partial charge on any atom is -0.453 e. The van der Waals surface area contributed by atoms with Crippen LogP contribution < -0.4 is 10.1 Å². The first-order valence-electron chi connectivity index (χ1n) is 10.4. The van der Waals surface area contributed by atoms with Crippen molar-refractivity contribution in [3.05, 3.63) is 80.5 Å². The number of hydrogen-bond donors (Lipinski definition) is 1. The number of ether oxygens (including phenoxy) is 1. The van der Waals surface area contributed by atoms with Crippen molar-refractivity contribution in [2.75, 3.05) is 12.4 Å². The molecule has 0 aromatic heterocycles. The molecule has 0 atom stereocenters. The van der Waals surface area contributed by atoms with Crippen LogP contribution in [0.1, 0.15) is 18.1 Å². The number of halogens is 4. The van der Waals surface area contributed by atoms with Crippen LogP contribution in [0.25, 0.3) is 0 Å². The fraction of sp³-hybridized carbons (Fsp3) is 0.125. The van der Waals surface area contributed by atoms with E-state index in [1.165, 1.54) is 36.4 Å². The highest BCUT2D eigenvalue weighted by Gasteiger charge is 2.28. The van der Waals surface area contributed by atoms with Crippen LogP contribution in [0.3, 0.4) is 0 Å². The van der Waals surface area contributed by atoms with Gasteiger partial charge in [0.2, 0.25) is 5.91 Å². The molecule has 0 fully saturated rings. The topological polar surface area (TPSA) is 126 Å². The van der Waals surface area contributed by atoms with Crippen molar-refractivity contribution < 1.29 is 32.0 Å². The molecule has 0 aliphatic carbocycles. The van der Waals surface area contributed by atoms with Crippen molar-refractivity contribution in [1.29, 1.82) is 5.26 Å². The smallest absolute Gasteiger partial charge is 0.289 e. The zero-order valence-electron chi connectivity index (χ0n) is 19.6. The molecule has 0 aliphatic heterocycles. The van der Waals surface area contributed by atoms with E-state index >= 15 is 4.39 Å². The lowest BCUT2D eigenvalue weighted by molar-refractivity contribution is -0.149. The van der Waals surface area contributed by atoms with E-state index in [0.717, 1.165) is 26.2 Å². The highest BCUT2D eigenvalue weighted by molar-refractivity contribution is 7.89. The monoisotopic (exact) mass is 599 g/mol. The summed E-state index contributed by atoms with van der Waals surface area (Å²) in [5, 5.41) is 11.5. The molecule has 0 spiro atoms. The van der Waals surface area contributed by atoms with Gasteiger partial charge in [0.15, 0.2) is 11.6 Å². The van der Waals surface area contributed by atoms with E-state index in [0.29, 0.717) is 0 Å². The van der Waals surface area contributed by atoms with Gasteiger partial charge in [-0.05, 0) is 42.5 Å². The van der Waals surface area contributed by atoms with Gasteiger partial charge in [0, 0.05) is 17.5 Å². The minimum atomic E-state index is -4.35. The molecule has 14 heteroatoms. The summed E-state index contributed by atoms with van der Waals surface area (Å²) in [5.74, 6) is -2.79. The van der Waals surface area contributed by atoms with Gasteiger partial charge in [0.05, 0.1) is 45.8 Å². The van der Waals surface area contributed by atoms with Gasteiger partial charge in [-0.15, -0.1) is 4.47 Å². The van der Waals surface area contributed by atoms with Crippen LogP contribution in [0.15, 0.2) is 53.4 Å². The lowest BCUT2D eigenvalue weighted by Gasteiger charge is -2.18. The number of hydroxylamine groups is 1. The van der Waals surface area contributed by atoms with Crippen molar-refractivity contribution in [2.24, 2.45) is 0 Å². The largest absolute Gasteiger partial charge is 0.453 e. The van der Waals surface area contributed by atoms with Gasteiger partial charge in [0.1, 0.15) is 5.75 Å². The number of sulfonamides is 1. The summed E-state index contributed by atoms with van der Waals surface area (Å²) in [6.45, 7) is 1.00. The highest BCUT2D eigenvalue weighted by Crippen LogP contribution is 2.35. The van der Waals surface area contributed by atoms with Crippen molar-refractivity contribution >= 4 is 62.3 Å². The second-order valence-electron chi connectivity index (χ2n) is 7.54. The van der Waals surface area contributed by atoms with E-state index in [4.69, 9.17) is 44.8 Å². The molecule has 2 amide bonds. The molecule has 0 bridgehead atoms. The van der Waals surface area contributed by atoms with E-state index in [2.05, 4.69) is 10.2 Å². The fourth-order valence-corrected chi connectivity index (χ4v) is 5.16. The zero-order chi connectivity index (χ0) is 28.2. The van der Waals surface area contributed by atoms with Gasteiger partial charge in [-0.2, -0.15) is 13.7 Å². The normalized spacial score (nSPS) is 11.0. The van der Waals surface area contributed by atoms with Gasteiger partial charge in [-0.1, -0.05) is 40.9 Å². The molecule has 0 saturated heterocycles. The number of hydrogen-bond acceptors (Lipinski definition) is 7. The fourth-order valence-electron chi connectivity index (χ4n) is 3.22. The standard InChI is InChI=1S/C24H17Cl3FN3O6S/c1-13(32)31(36-2)38(34,35)18-4-6-21(20(27)11-18)30-22(33)9-15-3-5-19(26)24(23(15)28)37-17-8-14(12-29)7-16(25)10-17/h3-8,10-11H,9H2,1-2H3,(H,30,33). The van der Waals surface area contributed by atoms with Crippen LogP contribution >= 0.6 is 34.8 Å². The summed E-state index contributed by atoms with van der Waals surface area (Å²) in [5.41, 5.74) is 0.152. The summed E-state index contributed by atoms with van der Waals surface area (Å²) in [4.78, 5) is 28.5. The maximum Gasteiger partial charge on any atom is 0.289 e. The van der Waals surface area contributed by atoms with Crippen LogP contribution in [0.4, 0.5) is 10.1 Å². The maximum absolute atomic E-state index is 15.2. The second-order valence-corrected chi connectivity index (χ2v) is 10.5. The van der Waals surface area contributed by atoms with Crippen LogP contribution in [-0.2, 0) is 30.9 Å². The number of nitriles is 1. The molecular formula is C24H17Cl3FN3O6S. The van der Waals surface area contributed by atoms with Gasteiger partial charge in [-0.25, -0.2) is 4.39 Å². The predicted molar refractivity (Wildman–Crippen MR) is 138 cm³/mol. The van der Waals surface area contributed by atoms with E-state index in [1.54, 1.807) is 0 Å². The van der Waals surface area contributed by atoms with Gasteiger partial charge < -0.3 is 10.1 Å². The number of amides is 2. The molecule has 0 unspecified atom stereocenters. The maximum atomic E-state index is 15.2. The lowest BCUT2D eigenvalue weighted by Crippen LogP contribution is -2.34. The third-order valence-electron chi connectivity index (χ3n) is 4.85. The van der Waals surface area contributed by atoms with Crippen molar-refractivity contribution in [3.63, 3.8) is 0 Å². The Hall–Kier alpha value is -3.40. The Balaban J connectivity index is 1.81. The van der Waals surface area contributed by atoms with Gasteiger partial charge in [-0.3, -0.25) is 14.4 Å². The summed E-state index contributed by atoms with van der Waals surface area (Å²) < 4.78 is 46.0. The number of nitrogens with zero attached hydrogens (tertiary/aromatic N) is 2. The minimum absolute atomic E-state index is 0.0382. The Bertz CT molecular complexity index is 1580. The Kier molecular flexibility index (Phi) is 9.19. The summed E-state index contributed by atoms with van der Waals surface area (Å²) in [7, 11) is -3.34. The number of benzene rings is 3. The Morgan fingerprint density at radius 3 is 2.39 bits per heavy atom. The molecular weight excluding hydrogens is 584 g/mol. The van der Waals surface area contributed by atoms with Crippen LogP contribution in [-0.4, -0.2) is 31.8 Å². The quantitative estimate of drug-likeness (QED) is 0.327. The first-order valence-corrected chi connectivity index (χ1v) is 13.0. The van der Waals surface area contributed by atoms with Crippen LogP contribution in [0.2, 0.25) is 15.1 Å². The molecule has 198 valence electrons. The van der Waals surface area contributed by atoms with Crippen molar-refractivity contribution in [2.45, 2.75) is 18.2 Å². The van der Waals surface area contributed by atoms with Crippen LogP contribution in [0.5, 0.6) is 11.5 Å². The van der Waals surface area contributed by atoms with Gasteiger partial charge in [0.25, 0.3) is 15.9 Å². The molecule has 9 nitrogen and oxygen atoms in total. The second kappa shape index (κ2) is 12.0. The third kappa shape index (κ3) is 6.53. The molecule has 0 radical (unpaired) electrons. The van der Waals surface area contributed by atoms with Crippen molar-refractivity contribution in [1.82, 2.24) is 4.47 Å². The molecule has 3 aromatic rings. The number of anilines is 1. The summed E-state index contributed by atoms with van der Waals surface area (Å²) in [6, 6.07) is 12.0. The first-order chi connectivity index (χ1) is 17.9. The predicted octanol–water partition coefficient (Wildman–Crippen LogP) is 5.73. The van der Waals surface area contributed by atoms with E-state index in [1.807, 2.05) is 6.07 Å². The van der Waals surface area contributed by atoms with Crippen LogP contribution in [0, 0.1) is 17.1 Å². The Morgan fingerprint density at radius 2 is 1.79 bits per heavy atom. The summed E-state index contributed by atoms with van der Waals surface area (Å²) in [6.07, 6.45) is -0.462. The lowest BCUT2D eigenvalue weighted by atomic mass is 10.1. The van der Waals surface area contributed by atoms with E-state index < -0.39 is 34.1 Å². The average Bonchev–Trinajstić information content (AvgIpc) is 2.84. The molecule has 0 heterocycles. The molecule has 0 aliphatic rings. The molecule has 0 saturated carbocycles. The number of carbonyl (C=O) groups is 2. The van der Waals surface area contributed by atoms with E-state index in [-0.39, 0.29) is 52.7 Å². The van der Waals surface area contributed by atoms with Gasteiger partial charge >= 0.3 is 0 Å². The molecule has 3 aromatic carbocycles. The zero-order valence-corrected chi connectivity index (χ0v) is 22.7. The number of nitrogens with one attached hydrogen (secondary N) is 1. The third-order valence-corrected chi connectivity index (χ3v) is 7.38. The average molecular weight is 601 g/mol. The van der Waals surface area contributed by atoms with E-state index in [9.17, 15) is 18.0 Å². The first kappa shape index (κ1) is 29.2. The Morgan fingerprint density at radius 1 is 1.08 bits per heavy atom. The molecule has 1 N–H and O–H groups in total. The SMILES string of the molecule is CON(C(C)=O)S(=O)(=O)c1ccc(NC(=O)Cc2ccc(Cl)c(Oc3cc(Cl)cc(C#N)c3)c2F)c(Cl)c1. The van der Waals surface area contributed by atoms with Crippen molar-refractivity contribution in [3.8, 4) is 17.6 Å². The summed E-state index contributed by atoms with van der Waals surface area (Å²) >= 11 is 18.2. The molecule has 3 rings (SSSR count). The molecule has 38 heavy (non-hydrogen) atoms.